The average Bonchev–Trinajstić information content (AvgIpc) is 2.42. The van der Waals surface area contributed by atoms with E-state index in [4.69, 9.17) is 11.6 Å². The molecule has 0 amide bonds. The molecule has 0 atom stereocenters. The van der Waals surface area contributed by atoms with Gasteiger partial charge in [0.05, 0.1) is 15.6 Å². The molecule has 0 spiro atoms. The van der Waals surface area contributed by atoms with Crippen molar-refractivity contribution in [1.82, 2.24) is 0 Å². The maximum Gasteiger partial charge on any atom is 0.282 e. The molecule has 4 nitrogen and oxygen atoms in total. The van der Waals surface area contributed by atoms with E-state index in [0.29, 0.717) is 11.1 Å². The molecule has 1 aromatic rings. The SMILES string of the molecule is CC1=C/C(=N\S(=O)(=O)c2ccc(C)cc2)C(C)=C(Cl)C1=O. The summed E-state index contributed by atoms with van der Waals surface area (Å²) in [6, 6.07) is 6.41. The number of sulfonamides is 1. The van der Waals surface area contributed by atoms with E-state index < -0.39 is 10.0 Å². The van der Waals surface area contributed by atoms with Gasteiger partial charge in [0.2, 0.25) is 0 Å². The Hall–Kier alpha value is -1.72. The van der Waals surface area contributed by atoms with Crippen LogP contribution >= 0.6 is 11.6 Å². The smallest absolute Gasteiger partial charge is 0.282 e. The number of hydrogen-bond acceptors (Lipinski definition) is 3. The molecule has 1 aromatic carbocycles. The summed E-state index contributed by atoms with van der Waals surface area (Å²) in [5.74, 6) is -0.305. The fourth-order valence-corrected chi connectivity index (χ4v) is 3.10. The van der Waals surface area contributed by atoms with Crippen LogP contribution in [0.2, 0.25) is 0 Å². The Kier molecular flexibility index (Phi) is 4.16. The summed E-state index contributed by atoms with van der Waals surface area (Å²) < 4.78 is 28.4. The quantitative estimate of drug-likeness (QED) is 0.785. The topological polar surface area (TPSA) is 63.6 Å². The van der Waals surface area contributed by atoms with Crippen LogP contribution in [-0.4, -0.2) is 19.9 Å². The predicted molar refractivity (Wildman–Crippen MR) is 83.1 cm³/mol. The molecular weight excluding hydrogens is 310 g/mol. The van der Waals surface area contributed by atoms with Gasteiger partial charge in [0.25, 0.3) is 10.0 Å². The van der Waals surface area contributed by atoms with E-state index in [-0.39, 0.29) is 21.4 Å². The van der Waals surface area contributed by atoms with Gasteiger partial charge in [-0.1, -0.05) is 29.3 Å². The Morgan fingerprint density at radius 3 is 2.19 bits per heavy atom. The number of aryl methyl sites for hydroxylation is 1. The van der Waals surface area contributed by atoms with Crippen LogP contribution in [0.3, 0.4) is 0 Å². The number of rotatable bonds is 2. The molecule has 0 bridgehead atoms. The zero-order valence-electron chi connectivity index (χ0n) is 11.8. The summed E-state index contributed by atoms with van der Waals surface area (Å²) in [5, 5.41) is 0.00727. The van der Waals surface area contributed by atoms with Crippen molar-refractivity contribution in [1.29, 1.82) is 0 Å². The number of ketones is 1. The molecule has 0 heterocycles. The first-order valence-electron chi connectivity index (χ1n) is 6.24. The van der Waals surface area contributed by atoms with Crippen molar-refractivity contribution >= 4 is 33.1 Å². The Labute approximate surface area is 128 Å². The number of Topliss-reactive ketones (excluding diaryl/α,β-unsaturated/α-hetero) is 1. The molecule has 0 aromatic heterocycles. The second-order valence-electron chi connectivity index (χ2n) is 4.86. The van der Waals surface area contributed by atoms with Crippen LogP contribution in [0.15, 0.2) is 55.8 Å². The van der Waals surface area contributed by atoms with E-state index in [1.54, 1.807) is 26.0 Å². The average molecular weight is 324 g/mol. The summed E-state index contributed by atoms with van der Waals surface area (Å²) in [7, 11) is -3.83. The number of allylic oxidation sites excluding steroid dienone is 4. The fraction of sp³-hybridized carbons (Fsp3) is 0.200. The predicted octanol–water partition coefficient (Wildman–Crippen LogP) is 3.17. The minimum Gasteiger partial charge on any atom is -0.288 e. The van der Waals surface area contributed by atoms with Crippen LogP contribution in [0.1, 0.15) is 19.4 Å². The fourth-order valence-electron chi connectivity index (χ4n) is 1.82. The number of nitrogens with zero attached hydrogens (tertiary/aromatic N) is 1. The monoisotopic (exact) mass is 323 g/mol. The van der Waals surface area contributed by atoms with Gasteiger partial charge in [0.15, 0.2) is 5.78 Å². The van der Waals surface area contributed by atoms with Crippen molar-refractivity contribution in [2.45, 2.75) is 25.7 Å². The maximum absolute atomic E-state index is 12.3. The van der Waals surface area contributed by atoms with Gasteiger partial charge in [0, 0.05) is 5.57 Å². The van der Waals surface area contributed by atoms with Gasteiger partial charge >= 0.3 is 0 Å². The molecule has 0 radical (unpaired) electrons. The zero-order valence-corrected chi connectivity index (χ0v) is 13.4. The van der Waals surface area contributed by atoms with Gasteiger partial charge in [0.1, 0.15) is 0 Å². The third-order valence-corrected chi connectivity index (χ3v) is 4.92. The summed E-state index contributed by atoms with van der Waals surface area (Å²) >= 11 is 5.92. The van der Waals surface area contributed by atoms with Gasteiger partial charge in [-0.3, -0.25) is 4.79 Å². The molecule has 0 N–H and O–H groups in total. The Morgan fingerprint density at radius 2 is 1.62 bits per heavy atom. The van der Waals surface area contributed by atoms with Crippen molar-refractivity contribution in [3.05, 3.63) is 52.1 Å². The summed E-state index contributed by atoms with van der Waals surface area (Å²) in [6.45, 7) is 5.02. The lowest BCUT2D eigenvalue weighted by molar-refractivity contribution is -0.111. The van der Waals surface area contributed by atoms with Crippen molar-refractivity contribution in [2.75, 3.05) is 0 Å². The van der Waals surface area contributed by atoms with E-state index in [2.05, 4.69) is 4.40 Å². The van der Waals surface area contributed by atoms with E-state index in [0.717, 1.165) is 5.56 Å². The molecule has 110 valence electrons. The van der Waals surface area contributed by atoms with Crippen LogP contribution < -0.4 is 0 Å². The van der Waals surface area contributed by atoms with Crippen molar-refractivity contribution in [3.8, 4) is 0 Å². The highest BCUT2D eigenvalue weighted by molar-refractivity contribution is 7.90. The molecule has 21 heavy (non-hydrogen) atoms. The van der Waals surface area contributed by atoms with E-state index in [1.165, 1.54) is 18.2 Å². The van der Waals surface area contributed by atoms with Crippen LogP contribution in [0.4, 0.5) is 0 Å². The van der Waals surface area contributed by atoms with Crippen LogP contribution in [0, 0.1) is 6.92 Å². The van der Waals surface area contributed by atoms with E-state index in [9.17, 15) is 13.2 Å². The Morgan fingerprint density at radius 1 is 1.05 bits per heavy atom. The second kappa shape index (κ2) is 5.58. The van der Waals surface area contributed by atoms with Gasteiger partial charge in [-0.05, 0) is 44.6 Å². The molecule has 0 unspecified atom stereocenters. The highest BCUT2D eigenvalue weighted by Crippen LogP contribution is 2.24. The van der Waals surface area contributed by atoms with E-state index in [1.807, 2.05) is 6.92 Å². The highest BCUT2D eigenvalue weighted by atomic mass is 35.5. The normalized spacial score (nSPS) is 18.2. The largest absolute Gasteiger partial charge is 0.288 e. The summed E-state index contributed by atoms with van der Waals surface area (Å²) in [5.41, 5.74) is 1.88. The van der Waals surface area contributed by atoms with Gasteiger partial charge < -0.3 is 0 Å². The third kappa shape index (κ3) is 3.14. The van der Waals surface area contributed by atoms with Gasteiger partial charge in [-0.25, -0.2) is 0 Å². The molecule has 1 aliphatic carbocycles. The molecular formula is C15H14ClNO3S. The van der Waals surface area contributed by atoms with Crippen molar-refractivity contribution in [3.63, 3.8) is 0 Å². The number of carbonyl (C=O) groups is 1. The number of halogens is 1. The van der Waals surface area contributed by atoms with Crippen LogP contribution in [0.5, 0.6) is 0 Å². The molecule has 1 aliphatic rings. The van der Waals surface area contributed by atoms with Crippen molar-refractivity contribution < 1.29 is 13.2 Å². The van der Waals surface area contributed by atoms with Crippen molar-refractivity contribution in [2.24, 2.45) is 4.40 Å². The molecule has 0 saturated carbocycles. The minimum absolute atomic E-state index is 0.00727. The van der Waals surface area contributed by atoms with E-state index >= 15 is 0 Å². The molecule has 0 saturated heterocycles. The van der Waals surface area contributed by atoms with Gasteiger partial charge in [-0.15, -0.1) is 0 Å². The maximum atomic E-state index is 12.3. The number of benzene rings is 1. The lowest BCUT2D eigenvalue weighted by Crippen LogP contribution is -2.15. The first kappa shape index (κ1) is 15.7. The Balaban J connectivity index is 2.52. The first-order chi connectivity index (χ1) is 9.72. The number of carbonyl (C=O) groups excluding carboxylic acids is 1. The van der Waals surface area contributed by atoms with Crippen LogP contribution in [0.25, 0.3) is 0 Å². The second-order valence-corrected chi connectivity index (χ2v) is 6.84. The first-order valence-corrected chi connectivity index (χ1v) is 8.05. The molecule has 0 fully saturated rings. The molecule has 2 rings (SSSR count). The minimum atomic E-state index is -3.83. The Bertz CT molecular complexity index is 800. The highest BCUT2D eigenvalue weighted by Gasteiger charge is 2.23. The molecule has 0 aliphatic heterocycles. The standard InChI is InChI=1S/C15H14ClNO3S/c1-9-4-6-12(7-5-9)21(19,20)17-13-8-10(2)15(18)14(16)11(13)3/h4-8H,1-3H3/b17-13+. The number of hydrogen-bond donors (Lipinski definition) is 0. The van der Waals surface area contributed by atoms with Crippen LogP contribution in [-0.2, 0) is 14.8 Å². The lowest BCUT2D eigenvalue weighted by atomic mass is 9.99. The molecule has 6 heteroatoms. The third-order valence-electron chi connectivity index (χ3n) is 3.16. The van der Waals surface area contributed by atoms with Gasteiger partial charge in [-0.2, -0.15) is 12.8 Å². The lowest BCUT2D eigenvalue weighted by Gasteiger charge is -2.12. The summed E-state index contributed by atoms with van der Waals surface area (Å²) in [4.78, 5) is 11.8. The summed E-state index contributed by atoms with van der Waals surface area (Å²) in [6.07, 6.45) is 1.44. The zero-order chi connectivity index (χ0) is 15.8.